The van der Waals surface area contributed by atoms with Crippen LogP contribution in [0, 0.1) is 0 Å². The maximum absolute atomic E-state index is 12.0. The highest BCUT2D eigenvalue weighted by atomic mass is 35.5. The molecule has 0 amide bonds. The van der Waals surface area contributed by atoms with Crippen LogP contribution in [0.15, 0.2) is 12.1 Å². The van der Waals surface area contributed by atoms with E-state index in [1.807, 2.05) is 0 Å². The number of phenolic OH excluding ortho intramolecular Hbond substituents is 1. The van der Waals surface area contributed by atoms with E-state index < -0.39 is 0 Å². The summed E-state index contributed by atoms with van der Waals surface area (Å²) in [5.41, 5.74) is 0.437. The molecule has 86 valence electrons. The Kier molecular flexibility index (Phi) is 3.38. The van der Waals surface area contributed by atoms with Gasteiger partial charge in [0.15, 0.2) is 11.5 Å². The zero-order chi connectivity index (χ0) is 11.7. The van der Waals surface area contributed by atoms with Crippen molar-refractivity contribution >= 4 is 29.0 Å². The van der Waals surface area contributed by atoms with Gasteiger partial charge < -0.3 is 10.4 Å². The lowest BCUT2D eigenvalue weighted by atomic mass is 10.0. The third kappa shape index (κ3) is 2.17. The second-order valence-electron chi connectivity index (χ2n) is 3.80. The normalized spacial score (nSPS) is 20.0. The lowest BCUT2D eigenvalue weighted by Gasteiger charge is -2.10. The molecule has 5 heteroatoms. The van der Waals surface area contributed by atoms with E-state index in [0.29, 0.717) is 5.56 Å². The predicted molar refractivity (Wildman–Crippen MR) is 63.5 cm³/mol. The monoisotopic (exact) mass is 259 g/mol. The molecule has 0 saturated carbocycles. The fourth-order valence-electron chi connectivity index (χ4n) is 1.82. The largest absolute Gasteiger partial charge is 0.505 e. The molecule has 16 heavy (non-hydrogen) atoms. The van der Waals surface area contributed by atoms with E-state index >= 15 is 0 Å². The zero-order valence-electron chi connectivity index (χ0n) is 8.46. The van der Waals surface area contributed by atoms with Crippen LogP contribution in [0.5, 0.6) is 5.75 Å². The molecular weight excluding hydrogens is 249 g/mol. The number of carbonyl (C=O) groups is 1. The Morgan fingerprint density at radius 2 is 2.00 bits per heavy atom. The van der Waals surface area contributed by atoms with Crippen molar-refractivity contribution in [3.63, 3.8) is 0 Å². The van der Waals surface area contributed by atoms with Crippen molar-refractivity contribution in [2.24, 2.45) is 0 Å². The van der Waals surface area contributed by atoms with Crippen LogP contribution in [0.1, 0.15) is 23.2 Å². The van der Waals surface area contributed by atoms with Crippen molar-refractivity contribution < 1.29 is 9.90 Å². The Labute approximate surface area is 103 Å². The van der Waals surface area contributed by atoms with Gasteiger partial charge in [0.05, 0.1) is 16.1 Å². The van der Waals surface area contributed by atoms with Gasteiger partial charge in [-0.2, -0.15) is 0 Å². The van der Waals surface area contributed by atoms with Crippen LogP contribution in [0.4, 0.5) is 0 Å². The fourth-order valence-corrected chi connectivity index (χ4v) is 2.30. The number of aromatic hydroxyl groups is 1. The SMILES string of the molecule is O=C(c1cc(Cl)c(O)c(Cl)c1)C1CCCN1. The van der Waals surface area contributed by atoms with E-state index in [9.17, 15) is 9.90 Å². The van der Waals surface area contributed by atoms with Crippen LogP contribution in [-0.4, -0.2) is 23.5 Å². The molecule has 2 rings (SSSR count). The molecule has 1 unspecified atom stereocenters. The summed E-state index contributed by atoms with van der Waals surface area (Å²) in [6.45, 7) is 0.857. The minimum atomic E-state index is -0.181. The van der Waals surface area contributed by atoms with Crippen LogP contribution >= 0.6 is 23.2 Å². The van der Waals surface area contributed by atoms with Gasteiger partial charge in [-0.1, -0.05) is 23.2 Å². The molecule has 1 aromatic carbocycles. The molecular formula is C11H11Cl2NO2. The number of phenols is 1. The molecule has 0 radical (unpaired) electrons. The van der Waals surface area contributed by atoms with Gasteiger partial charge in [-0.3, -0.25) is 4.79 Å². The summed E-state index contributed by atoms with van der Waals surface area (Å²) >= 11 is 11.5. The van der Waals surface area contributed by atoms with Gasteiger partial charge in [0, 0.05) is 5.56 Å². The minimum absolute atomic E-state index is 0.0266. The van der Waals surface area contributed by atoms with Crippen molar-refractivity contribution in [3.8, 4) is 5.75 Å². The molecule has 0 spiro atoms. The summed E-state index contributed by atoms with van der Waals surface area (Å²) in [4.78, 5) is 12.0. The van der Waals surface area contributed by atoms with E-state index in [0.717, 1.165) is 19.4 Å². The van der Waals surface area contributed by atoms with Crippen molar-refractivity contribution in [1.29, 1.82) is 0 Å². The zero-order valence-corrected chi connectivity index (χ0v) is 9.98. The minimum Gasteiger partial charge on any atom is -0.505 e. The first-order chi connectivity index (χ1) is 7.59. The quantitative estimate of drug-likeness (QED) is 0.803. The fraction of sp³-hybridized carbons (Fsp3) is 0.364. The molecule has 1 fully saturated rings. The van der Waals surface area contributed by atoms with Crippen LogP contribution in [0.2, 0.25) is 10.0 Å². The van der Waals surface area contributed by atoms with Gasteiger partial charge in [-0.05, 0) is 31.5 Å². The average molecular weight is 260 g/mol. The maximum atomic E-state index is 12.0. The average Bonchev–Trinajstić information content (AvgIpc) is 2.77. The summed E-state index contributed by atoms with van der Waals surface area (Å²) in [7, 11) is 0. The standard InChI is InChI=1S/C11H11Cl2NO2/c12-7-4-6(5-8(13)11(7)16)10(15)9-2-1-3-14-9/h4-5,9,14,16H,1-3H2. The number of Topliss-reactive ketones (excluding diaryl/α,β-unsaturated/α-hetero) is 1. The van der Waals surface area contributed by atoms with Gasteiger partial charge >= 0.3 is 0 Å². The summed E-state index contributed by atoms with van der Waals surface area (Å²) in [6, 6.07) is 2.74. The van der Waals surface area contributed by atoms with Crippen LogP contribution < -0.4 is 5.32 Å². The smallest absolute Gasteiger partial charge is 0.179 e. The number of hydrogen-bond acceptors (Lipinski definition) is 3. The number of hydrogen-bond donors (Lipinski definition) is 2. The van der Waals surface area contributed by atoms with E-state index in [1.165, 1.54) is 12.1 Å². The van der Waals surface area contributed by atoms with Gasteiger partial charge in [0.1, 0.15) is 0 Å². The van der Waals surface area contributed by atoms with Crippen LogP contribution in [-0.2, 0) is 0 Å². The Morgan fingerprint density at radius 1 is 1.38 bits per heavy atom. The van der Waals surface area contributed by atoms with E-state index in [4.69, 9.17) is 23.2 Å². The highest BCUT2D eigenvalue weighted by Crippen LogP contribution is 2.33. The van der Waals surface area contributed by atoms with Gasteiger partial charge in [0.2, 0.25) is 0 Å². The number of halogens is 2. The molecule has 1 aromatic rings. The molecule has 0 aromatic heterocycles. The molecule has 0 aliphatic carbocycles. The lowest BCUT2D eigenvalue weighted by Crippen LogP contribution is -2.30. The summed E-state index contributed by atoms with van der Waals surface area (Å²) in [5.74, 6) is -0.208. The lowest BCUT2D eigenvalue weighted by molar-refractivity contribution is 0.0952. The number of benzene rings is 1. The summed E-state index contributed by atoms with van der Waals surface area (Å²) in [6.07, 6.45) is 1.82. The molecule has 1 aliphatic rings. The van der Waals surface area contributed by atoms with Crippen molar-refractivity contribution in [2.75, 3.05) is 6.54 Å². The Hall–Kier alpha value is -0.770. The molecule has 1 saturated heterocycles. The number of nitrogens with one attached hydrogen (secondary N) is 1. The molecule has 1 aliphatic heterocycles. The van der Waals surface area contributed by atoms with Crippen molar-refractivity contribution in [2.45, 2.75) is 18.9 Å². The third-order valence-electron chi connectivity index (χ3n) is 2.68. The van der Waals surface area contributed by atoms with Gasteiger partial charge in [-0.15, -0.1) is 0 Å². The summed E-state index contributed by atoms with van der Waals surface area (Å²) < 4.78 is 0. The summed E-state index contributed by atoms with van der Waals surface area (Å²) in [5, 5.41) is 12.7. The van der Waals surface area contributed by atoms with E-state index in [2.05, 4.69) is 5.32 Å². The van der Waals surface area contributed by atoms with Crippen molar-refractivity contribution in [1.82, 2.24) is 5.32 Å². The topological polar surface area (TPSA) is 49.3 Å². The van der Waals surface area contributed by atoms with Gasteiger partial charge in [0.25, 0.3) is 0 Å². The van der Waals surface area contributed by atoms with Crippen LogP contribution in [0.25, 0.3) is 0 Å². The predicted octanol–water partition coefficient (Wildman–Crippen LogP) is 2.63. The Balaban J connectivity index is 2.29. The second-order valence-corrected chi connectivity index (χ2v) is 4.62. The highest BCUT2D eigenvalue weighted by Gasteiger charge is 2.24. The van der Waals surface area contributed by atoms with Crippen LogP contribution in [0.3, 0.4) is 0 Å². The first-order valence-corrected chi connectivity index (χ1v) is 5.81. The molecule has 0 bridgehead atoms. The number of ketones is 1. The molecule has 3 nitrogen and oxygen atoms in total. The molecule has 1 atom stereocenters. The van der Waals surface area contributed by atoms with E-state index in [-0.39, 0.29) is 27.6 Å². The molecule has 1 heterocycles. The number of rotatable bonds is 2. The first-order valence-electron chi connectivity index (χ1n) is 5.05. The van der Waals surface area contributed by atoms with Gasteiger partial charge in [-0.25, -0.2) is 0 Å². The van der Waals surface area contributed by atoms with E-state index in [1.54, 1.807) is 0 Å². The maximum Gasteiger partial charge on any atom is 0.179 e. The Morgan fingerprint density at radius 3 is 2.50 bits per heavy atom. The first kappa shape index (κ1) is 11.7. The number of carbonyl (C=O) groups excluding carboxylic acids is 1. The van der Waals surface area contributed by atoms with Crippen molar-refractivity contribution in [3.05, 3.63) is 27.7 Å². The second kappa shape index (κ2) is 4.62. The highest BCUT2D eigenvalue weighted by molar-refractivity contribution is 6.37. The Bertz CT molecular complexity index is 405. The third-order valence-corrected chi connectivity index (χ3v) is 3.25. The molecule has 2 N–H and O–H groups in total.